The normalized spacial score (nSPS) is 22.2. The van der Waals surface area contributed by atoms with Crippen LogP contribution >= 0.6 is 0 Å². The fraction of sp³-hybridized carbons (Fsp3) is 0.409. The number of carbonyl (C=O) groups is 1. The van der Waals surface area contributed by atoms with Crippen LogP contribution in [0.15, 0.2) is 42.5 Å². The average Bonchev–Trinajstić information content (AvgIpc) is 3.49. The van der Waals surface area contributed by atoms with Crippen LogP contribution < -0.4 is 4.74 Å². The molecule has 1 aliphatic heterocycles. The van der Waals surface area contributed by atoms with E-state index in [0.29, 0.717) is 25.2 Å². The van der Waals surface area contributed by atoms with Gasteiger partial charge < -0.3 is 9.64 Å². The minimum absolute atomic E-state index is 0.00834. The second kappa shape index (κ2) is 7.87. The third-order valence-electron chi connectivity index (χ3n) is 5.72. The molecule has 2 atom stereocenters. The van der Waals surface area contributed by atoms with Gasteiger partial charge in [0.05, 0.1) is 7.11 Å². The van der Waals surface area contributed by atoms with Gasteiger partial charge >= 0.3 is 0 Å². The highest BCUT2D eigenvalue weighted by Gasteiger charge is 2.47. The Morgan fingerprint density at radius 3 is 2.50 bits per heavy atom. The van der Waals surface area contributed by atoms with Gasteiger partial charge in [-0.25, -0.2) is 8.78 Å². The molecule has 1 saturated carbocycles. The van der Waals surface area contributed by atoms with E-state index >= 15 is 0 Å². The molecule has 6 heteroatoms. The van der Waals surface area contributed by atoms with Crippen LogP contribution in [-0.2, 0) is 11.3 Å². The number of hydrogen-bond acceptors (Lipinski definition) is 3. The van der Waals surface area contributed by atoms with Crippen LogP contribution in [0.2, 0.25) is 0 Å². The molecule has 2 aromatic carbocycles. The molecule has 1 saturated heterocycles. The fourth-order valence-electron chi connectivity index (χ4n) is 4.01. The lowest BCUT2D eigenvalue weighted by Crippen LogP contribution is -2.48. The lowest BCUT2D eigenvalue weighted by molar-refractivity contribution is -0.134. The Morgan fingerprint density at radius 1 is 1.07 bits per heavy atom. The second-order valence-corrected chi connectivity index (χ2v) is 7.54. The van der Waals surface area contributed by atoms with Gasteiger partial charge in [-0.3, -0.25) is 9.69 Å². The van der Waals surface area contributed by atoms with Gasteiger partial charge in [0.25, 0.3) is 0 Å². The predicted molar refractivity (Wildman–Crippen MR) is 102 cm³/mol. The number of benzene rings is 2. The van der Waals surface area contributed by atoms with Gasteiger partial charge in [0.1, 0.15) is 5.82 Å². The molecule has 0 N–H and O–H groups in total. The number of halogens is 2. The summed E-state index contributed by atoms with van der Waals surface area (Å²) in [6.07, 6.45) is 0.727. The largest absolute Gasteiger partial charge is 0.494 e. The van der Waals surface area contributed by atoms with Crippen LogP contribution in [-0.4, -0.2) is 49.0 Å². The van der Waals surface area contributed by atoms with Gasteiger partial charge in [-0.2, -0.15) is 0 Å². The Morgan fingerprint density at radius 2 is 1.82 bits per heavy atom. The summed E-state index contributed by atoms with van der Waals surface area (Å²) in [4.78, 5) is 16.9. The van der Waals surface area contributed by atoms with E-state index in [1.54, 1.807) is 18.2 Å². The number of nitrogens with zero attached hydrogens (tertiary/aromatic N) is 2. The minimum atomic E-state index is -0.360. The summed E-state index contributed by atoms with van der Waals surface area (Å²) in [7, 11) is 1.45. The summed E-state index contributed by atoms with van der Waals surface area (Å²) in [5.74, 6) is -0.300. The fourth-order valence-corrected chi connectivity index (χ4v) is 4.01. The van der Waals surface area contributed by atoms with Crippen molar-refractivity contribution in [1.29, 1.82) is 0 Å². The zero-order valence-corrected chi connectivity index (χ0v) is 15.9. The maximum atomic E-state index is 13.9. The number of hydrogen-bond donors (Lipinski definition) is 0. The summed E-state index contributed by atoms with van der Waals surface area (Å²) < 4.78 is 32.7. The van der Waals surface area contributed by atoms with Gasteiger partial charge in [-0.1, -0.05) is 24.3 Å². The van der Waals surface area contributed by atoms with Crippen molar-refractivity contribution >= 4 is 5.91 Å². The van der Waals surface area contributed by atoms with Crippen LogP contribution in [0.4, 0.5) is 8.78 Å². The van der Waals surface area contributed by atoms with Gasteiger partial charge in [0, 0.05) is 38.6 Å². The molecule has 4 rings (SSSR count). The summed E-state index contributed by atoms with van der Waals surface area (Å²) in [6.45, 7) is 3.44. The van der Waals surface area contributed by atoms with Crippen molar-refractivity contribution in [3.05, 3.63) is 65.2 Å². The Kier molecular flexibility index (Phi) is 5.31. The molecule has 0 aromatic heterocycles. The van der Waals surface area contributed by atoms with Crippen molar-refractivity contribution in [1.82, 2.24) is 9.80 Å². The zero-order chi connectivity index (χ0) is 19.7. The molecule has 1 heterocycles. The van der Waals surface area contributed by atoms with Crippen LogP contribution in [0, 0.1) is 17.6 Å². The first-order valence-electron chi connectivity index (χ1n) is 9.65. The summed E-state index contributed by atoms with van der Waals surface area (Å²) in [6, 6.07) is 11.7. The third-order valence-corrected chi connectivity index (χ3v) is 5.72. The van der Waals surface area contributed by atoms with Crippen LogP contribution in [0.3, 0.4) is 0 Å². The number of methoxy groups -OCH3 is 1. The number of piperazine rings is 1. The standard InChI is InChI=1S/C22H24F2N2O2/c1-28-21-7-6-15(12-20(21)24)14-25-8-10-26(11-9-25)22(27)18-13-17(18)16-4-2-3-5-19(16)23/h2-7,12,17-18H,8-11,13-14H2,1H3. The van der Waals surface area contributed by atoms with Crippen molar-refractivity contribution in [2.45, 2.75) is 18.9 Å². The van der Waals surface area contributed by atoms with E-state index in [9.17, 15) is 13.6 Å². The van der Waals surface area contributed by atoms with Gasteiger partial charge in [0.15, 0.2) is 11.6 Å². The number of rotatable bonds is 5. The highest BCUT2D eigenvalue weighted by Crippen LogP contribution is 2.49. The quantitative estimate of drug-likeness (QED) is 0.789. The SMILES string of the molecule is COc1ccc(CN2CCN(C(=O)C3CC3c3ccccc3F)CC2)cc1F. The van der Waals surface area contributed by atoms with E-state index in [2.05, 4.69) is 4.90 Å². The van der Waals surface area contributed by atoms with Crippen LogP contribution in [0.1, 0.15) is 23.5 Å². The molecule has 0 bridgehead atoms. The Balaban J connectivity index is 1.29. The molecule has 2 fully saturated rings. The minimum Gasteiger partial charge on any atom is -0.494 e. The van der Waals surface area contributed by atoms with E-state index in [-0.39, 0.29) is 35.1 Å². The van der Waals surface area contributed by atoms with Crippen molar-refractivity contribution in [3.63, 3.8) is 0 Å². The first-order chi connectivity index (χ1) is 13.6. The smallest absolute Gasteiger partial charge is 0.226 e. The highest BCUT2D eigenvalue weighted by molar-refractivity contribution is 5.83. The van der Waals surface area contributed by atoms with Crippen LogP contribution in [0.5, 0.6) is 5.75 Å². The first-order valence-corrected chi connectivity index (χ1v) is 9.65. The number of amides is 1. The topological polar surface area (TPSA) is 32.8 Å². The number of carbonyl (C=O) groups excluding carboxylic acids is 1. The Labute approximate surface area is 163 Å². The monoisotopic (exact) mass is 386 g/mol. The summed E-state index contributed by atoms with van der Waals surface area (Å²) in [5, 5.41) is 0. The summed E-state index contributed by atoms with van der Waals surface area (Å²) in [5.41, 5.74) is 1.54. The molecule has 28 heavy (non-hydrogen) atoms. The molecule has 2 aromatic rings. The maximum absolute atomic E-state index is 13.9. The van der Waals surface area contributed by atoms with Crippen molar-refractivity contribution in [2.75, 3.05) is 33.3 Å². The van der Waals surface area contributed by atoms with Gasteiger partial charge in [-0.15, -0.1) is 0 Å². The second-order valence-electron chi connectivity index (χ2n) is 7.54. The molecule has 0 radical (unpaired) electrons. The van der Waals surface area contributed by atoms with Gasteiger partial charge in [0.2, 0.25) is 5.91 Å². The highest BCUT2D eigenvalue weighted by atomic mass is 19.1. The van der Waals surface area contributed by atoms with E-state index < -0.39 is 0 Å². The molecule has 1 amide bonds. The molecule has 148 valence electrons. The van der Waals surface area contributed by atoms with Gasteiger partial charge in [-0.05, 0) is 41.7 Å². The van der Waals surface area contributed by atoms with Crippen molar-refractivity contribution < 1.29 is 18.3 Å². The zero-order valence-electron chi connectivity index (χ0n) is 15.9. The molecule has 0 spiro atoms. The first kappa shape index (κ1) is 18.9. The molecular weight excluding hydrogens is 362 g/mol. The molecule has 4 nitrogen and oxygen atoms in total. The van der Waals surface area contributed by atoms with E-state index in [0.717, 1.165) is 25.1 Å². The average molecular weight is 386 g/mol. The molecular formula is C22H24F2N2O2. The van der Waals surface area contributed by atoms with E-state index in [1.165, 1.54) is 19.2 Å². The Bertz CT molecular complexity index is 865. The van der Waals surface area contributed by atoms with Crippen molar-refractivity contribution in [2.24, 2.45) is 5.92 Å². The molecule has 2 unspecified atom stereocenters. The number of ether oxygens (including phenoxy) is 1. The van der Waals surface area contributed by atoms with Crippen LogP contribution in [0.25, 0.3) is 0 Å². The third kappa shape index (κ3) is 3.87. The summed E-state index contributed by atoms with van der Waals surface area (Å²) >= 11 is 0. The lowest BCUT2D eigenvalue weighted by Gasteiger charge is -2.35. The van der Waals surface area contributed by atoms with E-state index in [1.807, 2.05) is 17.0 Å². The lowest BCUT2D eigenvalue weighted by atomic mass is 10.1. The molecule has 1 aliphatic carbocycles. The maximum Gasteiger partial charge on any atom is 0.226 e. The van der Waals surface area contributed by atoms with E-state index in [4.69, 9.17) is 4.74 Å². The molecule has 2 aliphatic rings. The van der Waals surface area contributed by atoms with Crippen molar-refractivity contribution in [3.8, 4) is 5.75 Å². The predicted octanol–water partition coefficient (Wildman–Crippen LogP) is 3.42. The Hall–Kier alpha value is -2.47.